The molecule has 2 heteroatoms. The van der Waals surface area contributed by atoms with Crippen LogP contribution in [0, 0.1) is 11.8 Å². The largest absolute Gasteiger partial charge is 0.393 e. The van der Waals surface area contributed by atoms with Crippen molar-refractivity contribution >= 4 is 0 Å². The maximum Gasteiger partial charge on any atom is 0.0716 e. The van der Waals surface area contributed by atoms with E-state index in [2.05, 4.69) is 30.9 Å². The predicted octanol–water partition coefficient (Wildman–Crippen LogP) is 5.10. The summed E-state index contributed by atoms with van der Waals surface area (Å²) in [6.45, 7) is 3.46. The fourth-order valence-corrected chi connectivity index (χ4v) is 2.37. The molecule has 0 aliphatic heterocycles. The summed E-state index contributed by atoms with van der Waals surface area (Å²) in [5.74, 6) is 6.45. The van der Waals surface area contributed by atoms with E-state index >= 15 is 0 Å². The van der Waals surface area contributed by atoms with Gasteiger partial charge < -0.3 is 9.84 Å². The second-order valence-electron chi connectivity index (χ2n) is 6.04. The molecule has 0 fully saturated rings. The third kappa shape index (κ3) is 11.9. The fraction of sp³-hybridized carbons (Fsp3) is 0.619. The van der Waals surface area contributed by atoms with Gasteiger partial charge in [0.25, 0.3) is 0 Å². The molecule has 23 heavy (non-hydrogen) atoms. The molecule has 1 rings (SSSR count). The lowest BCUT2D eigenvalue weighted by molar-refractivity contribution is 0.0694. The molecule has 0 bridgehead atoms. The summed E-state index contributed by atoms with van der Waals surface area (Å²) in [5.41, 5.74) is 1.18. The number of hydrogen-bond donors (Lipinski definition) is 1. The Morgan fingerprint density at radius 2 is 1.70 bits per heavy atom. The Kier molecular flexibility index (Phi) is 12.3. The fourth-order valence-electron chi connectivity index (χ4n) is 2.37. The average Bonchev–Trinajstić information content (AvgIpc) is 2.58. The van der Waals surface area contributed by atoms with Gasteiger partial charge in [0.15, 0.2) is 0 Å². The molecular formula is C21H32O2. The van der Waals surface area contributed by atoms with Gasteiger partial charge in [0, 0.05) is 19.4 Å². The Hall–Kier alpha value is -1.30. The number of rotatable bonds is 12. The van der Waals surface area contributed by atoms with Crippen LogP contribution in [0.15, 0.2) is 30.3 Å². The molecule has 128 valence electrons. The molecule has 0 unspecified atom stereocenters. The lowest BCUT2D eigenvalue weighted by Gasteiger charge is -2.10. The molecule has 1 N–H and O–H groups in total. The van der Waals surface area contributed by atoms with E-state index in [0.29, 0.717) is 19.6 Å². The highest BCUT2D eigenvalue weighted by atomic mass is 16.5. The third-order valence-electron chi connectivity index (χ3n) is 3.83. The predicted molar refractivity (Wildman–Crippen MR) is 97.1 cm³/mol. The highest BCUT2D eigenvalue weighted by Gasteiger charge is 2.03. The molecule has 0 radical (unpaired) electrons. The standard InChI is InChI=1S/C21H32O2/c1-2-3-4-5-6-7-8-9-13-16-21(22)17-18-23-19-20-14-11-10-12-15-20/h10-12,14-15,21-22H,2-6,9,13,16-19H2,1H3/t21-/m1/s1. The molecule has 2 nitrogen and oxygen atoms in total. The summed E-state index contributed by atoms with van der Waals surface area (Å²) < 4.78 is 5.59. The van der Waals surface area contributed by atoms with E-state index in [0.717, 1.165) is 25.7 Å². The normalized spacial score (nSPS) is 11.7. The number of aliphatic hydroxyl groups is 1. The van der Waals surface area contributed by atoms with Crippen molar-refractivity contribution in [3.63, 3.8) is 0 Å². The van der Waals surface area contributed by atoms with Crippen LogP contribution in [0.4, 0.5) is 0 Å². The zero-order valence-corrected chi connectivity index (χ0v) is 14.6. The van der Waals surface area contributed by atoms with Gasteiger partial charge in [-0.2, -0.15) is 0 Å². The molecule has 0 heterocycles. The zero-order chi connectivity index (χ0) is 16.6. The molecule has 1 aromatic carbocycles. The zero-order valence-electron chi connectivity index (χ0n) is 14.6. The molecule has 0 aliphatic carbocycles. The van der Waals surface area contributed by atoms with Crippen molar-refractivity contribution in [2.75, 3.05) is 6.61 Å². The lowest BCUT2D eigenvalue weighted by atomic mass is 10.1. The van der Waals surface area contributed by atoms with Crippen LogP contribution in [0.25, 0.3) is 0 Å². The molecule has 0 amide bonds. The average molecular weight is 316 g/mol. The van der Waals surface area contributed by atoms with Crippen LogP contribution in [0.5, 0.6) is 0 Å². The van der Waals surface area contributed by atoms with Crippen LogP contribution in [0.3, 0.4) is 0 Å². The van der Waals surface area contributed by atoms with Gasteiger partial charge in [0.05, 0.1) is 12.7 Å². The molecule has 0 aromatic heterocycles. The smallest absolute Gasteiger partial charge is 0.0716 e. The minimum Gasteiger partial charge on any atom is -0.393 e. The van der Waals surface area contributed by atoms with Gasteiger partial charge in [-0.05, 0) is 31.2 Å². The highest BCUT2D eigenvalue weighted by Crippen LogP contribution is 2.06. The third-order valence-corrected chi connectivity index (χ3v) is 3.83. The van der Waals surface area contributed by atoms with Crippen molar-refractivity contribution in [1.82, 2.24) is 0 Å². The van der Waals surface area contributed by atoms with Crippen LogP contribution in [-0.4, -0.2) is 17.8 Å². The first-order chi connectivity index (χ1) is 11.3. The molecule has 0 aliphatic rings. The van der Waals surface area contributed by atoms with Crippen molar-refractivity contribution in [3.8, 4) is 11.8 Å². The number of ether oxygens (including phenoxy) is 1. The van der Waals surface area contributed by atoms with Crippen molar-refractivity contribution < 1.29 is 9.84 Å². The number of benzene rings is 1. The van der Waals surface area contributed by atoms with E-state index in [1.807, 2.05) is 18.2 Å². The summed E-state index contributed by atoms with van der Waals surface area (Å²) in [6.07, 6.45) is 9.27. The number of unbranched alkanes of at least 4 members (excludes halogenated alkanes) is 5. The van der Waals surface area contributed by atoms with Crippen LogP contribution in [0.1, 0.15) is 70.3 Å². The maximum absolute atomic E-state index is 9.92. The van der Waals surface area contributed by atoms with Gasteiger partial charge in [-0.25, -0.2) is 0 Å². The molecular weight excluding hydrogens is 284 g/mol. The van der Waals surface area contributed by atoms with Crippen LogP contribution in [0.2, 0.25) is 0 Å². The Morgan fingerprint density at radius 1 is 0.957 bits per heavy atom. The van der Waals surface area contributed by atoms with Crippen molar-refractivity contribution in [2.24, 2.45) is 0 Å². The second-order valence-corrected chi connectivity index (χ2v) is 6.04. The van der Waals surface area contributed by atoms with Crippen molar-refractivity contribution in [1.29, 1.82) is 0 Å². The van der Waals surface area contributed by atoms with Crippen LogP contribution >= 0.6 is 0 Å². The molecule has 0 saturated carbocycles. The van der Waals surface area contributed by atoms with Gasteiger partial charge in [-0.3, -0.25) is 0 Å². The van der Waals surface area contributed by atoms with E-state index in [1.165, 1.54) is 31.2 Å². The Morgan fingerprint density at radius 3 is 2.43 bits per heavy atom. The summed E-state index contributed by atoms with van der Waals surface area (Å²) in [6, 6.07) is 10.1. The molecule has 1 aromatic rings. The molecule has 0 saturated heterocycles. The minimum absolute atomic E-state index is 0.267. The number of aliphatic hydroxyl groups excluding tert-OH is 1. The van der Waals surface area contributed by atoms with Crippen molar-refractivity contribution in [3.05, 3.63) is 35.9 Å². The lowest BCUT2D eigenvalue weighted by Crippen LogP contribution is -2.10. The summed E-state index contributed by atoms with van der Waals surface area (Å²) in [5, 5.41) is 9.92. The van der Waals surface area contributed by atoms with E-state index in [1.54, 1.807) is 0 Å². The van der Waals surface area contributed by atoms with E-state index in [-0.39, 0.29) is 6.10 Å². The SMILES string of the molecule is CCCCCCC#CCCC[C@@H](O)CCOCc1ccccc1. The Balaban J connectivity index is 1.92. The van der Waals surface area contributed by atoms with Crippen LogP contribution in [-0.2, 0) is 11.3 Å². The first-order valence-electron chi connectivity index (χ1n) is 9.08. The van der Waals surface area contributed by atoms with Gasteiger partial charge in [0.2, 0.25) is 0 Å². The maximum atomic E-state index is 9.92. The summed E-state index contributed by atoms with van der Waals surface area (Å²) >= 11 is 0. The van der Waals surface area contributed by atoms with E-state index < -0.39 is 0 Å². The van der Waals surface area contributed by atoms with Crippen LogP contribution < -0.4 is 0 Å². The first kappa shape index (κ1) is 19.7. The molecule has 1 atom stereocenters. The van der Waals surface area contributed by atoms with Crippen molar-refractivity contribution in [2.45, 2.75) is 77.4 Å². The highest BCUT2D eigenvalue weighted by molar-refractivity contribution is 5.13. The Bertz CT molecular complexity index is 430. The van der Waals surface area contributed by atoms with Gasteiger partial charge in [-0.1, -0.05) is 56.5 Å². The Labute approximate surface area is 142 Å². The summed E-state index contributed by atoms with van der Waals surface area (Å²) in [4.78, 5) is 0. The van der Waals surface area contributed by atoms with E-state index in [9.17, 15) is 5.11 Å². The minimum atomic E-state index is -0.267. The van der Waals surface area contributed by atoms with E-state index in [4.69, 9.17) is 4.74 Å². The first-order valence-corrected chi connectivity index (χ1v) is 9.08. The quantitative estimate of drug-likeness (QED) is 0.429. The van der Waals surface area contributed by atoms with Gasteiger partial charge >= 0.3 is 0 Å². The topological polar surface area (TPSA) is 29.5 Å². The number of hydrogen-bond acceptors (Lipinski definition) is 2. The van der Waals surface area contributed by atoms with Gasteiger partial charge in [0.1, 0.15) is 0 Å². The second kappa shape index (κ2) is 14.3. The van der Waals surface area contributed by atoms with Gasteiger partial charge in [-0.15, -0.1) is 11.8 Å². The monoisotopic (exact) mass is 316 g/mol. The summed E-state index contributed by atoms with van der Waals surface area (Å²) in [7, 11) is 0. The molecule has 0 spiro atoms.